The fraction of sp³-hybridized carbons (Fsp3) is 0.458. The van der Waals surface area contributed by atoms with Crippen LogP contribution in [0, 0.1) is 11.3 Å². The van der Waals surface area contributed by atoms with E-state index in [0.29, 0.717) is 11.5 Å². The van der Waals surface area contributed by atoms with E-state index in [2.05, 4.69) is 12.1 Å². The molecule has 0 bridgehead atoms. The highest BCUT2D eigenvalue weighted by atomic mass is 32.2. The molecule has 2 aromatic rings. The van der Waals surface area contributed by atoms with Gasteiger partial charge in [-0.1, -0.05) is 44.2 Å². The molecule has 174 valence electrons. The molecule has 0 spiro atoms. The van der Waals surface area contributed by atoms with Crippen LogP contribution in [0.2, 0.25) is 0 Å². The molecule has 2 aromatic carbocycles. The van der Waals surface area contributed by atoms with Gasteiger partial charge in [0.25, 0.3) is 0 Å². The van der Waals surface area contributed by atoms with Gasteiger partial charge in [0.05, 0.1) is 19.1 Å². The Balaban J connectivity index is 1.80. The zero-order chi connectivity index (χ0) is 23.4. The number of sulfonamides is 1. The van der Waals surface area contributed by atoms with Gasteiger partial charge >= 0.3 is 5.97 Å². The molecule has 32 heavy (non-hydrogen) atoms. The molecule has 2 atom stereocenters. The largest absolute Gasteiger partial charge is 0.497 e. The first-order valence-corrected chi connectivity index (χ1v) is 13.2. The summed E-state index contributed by atoms with van der Waals surface area (Å²) in [6.45, 7) is 4.30. The smallest absolute Gasteiger partial charge is 0.324 e. The molecular weight excluding hydrogens is 446 g/mol. The summed E-state index contributed by atoms with van der Waals surface area (Å²) in [5.41, 5.74) is 0.886. The van der Waals surface area contributed by atoms with Gasteiger partial charge in [0.2, 0.25) is 10.0 Å². The summed E-state index contributed by atoms with van der Waals surface area (Å²) < 4.78 is 38.5. The van der Waals surface area contributed by atoms with E-state index in [4.69, 9.17) is 9.47 Å². The van der Waals surface area contributed by atoms with E-state index in [-0.39, 0.29) is 22.8 Å². The third-order valence-electron chi connectivity index (χ3n) is 6.04. The Bertz CT molecular complexity index is 1010. The van der Waals surface area contributed by atoms with Crippen molar-refractivity contribution in [2.24, 2.45) is 11.3 Å². The Morgan fingerprint density at radius 2 is 1.75 bits per heavy atom. The summed E-state index contributed by atoms with van der Waals surface area (Å²) in [5, 5.41) is 0. The molecule has 6 nitrogen and oxygen atoms in total. The Labute approximate surface area is 195 Å². The van der Waals surface area contributed by atoms with Gasteiger partial charge < -0.3 is 9.47 Å². The summed E-state index contributed by atoms with van der Waals surface area (Å²) >= 11 is 1.75. The average molecular weight is 478 g/mol. The van der Waals surface area contributed by atoms with Gasteiger partial charge in [0.15, 0.2) is 0 Å². The lowest BCUT2D eigenvalue weighted by atomic mass is 9.80. The standard InChI is InChI=1S/C24H31NO5S2/c1-24(2)17-25(32(27,28)20-12-10-19(29-3)11-13-20)22(23(26)30-4)21(24)16-31-15-14-18-8-6-5-7-9-18/h5-13,21-22H,14-17H2,1-4H3/t21-,22+/m0/s1. The number of carbonyl (C=O) groups excluding carboxylic acids is 1. The fourth-order valence-corrected chi connectivity index (χ4v) is 7.35. The van der Waals surface area contributed by atoms with Gasteiger partial charge in [-0.3, -0.25) is 4.79 Å². The van der Waals surface area contributed by atoms with Crippen LogP contribution in [0.25, 0.3) is 0 Å². The molecule has 8 heteroatoms. The lowest BCUT2D eigenvalue weighted by molar-refractivity contribution is -0.145. The monoisotopic (exact) mass is 477 g/mol. The number of benzene rings is 2. The minimum absolute atomic E-state index is 0.139. The van der Waals surface area contributed by atoms with Crippen LogP contribution in [0.5, 0.6) is 5.75 Å². The fourth-order valence-electron chi connectivity index (χ4n) is 4.13. The number of rotatable bonds is 9. The Morgan fingerprint density at radius 3 is 2.34 bits per heavy atom. The number of nitrogens with zero attached hydrogens (tertiary/aromatic N) is 1. The second-order valence-corrected chi connectivity index (χ2v) is 11.6. The van der Waals surface area contributed by atoms with Gasteiger partial charge in [0, 0.05) is 12.5 Å². The van der Waals surface area contributed by atoms with E-state index in [1.165, 1.54) is 36.2 Å². The van der Waals surface area contributed by atoms with Crippen molar-refractivity contribution in [3.05, 3.63) is 60.2 Å². The second kappa shape index (κ2) is 10.3. The second-order valence-electron chi connectivity index (χ2n) is 8.60. The highest BCUT2D eigenvalue weighted by molar-refractivity contribution is 7.99. The van der Waals surface area contributed by atoms with Crippen LogP contribution < -0.4 is 4.74 Å². The number of methoxy groups -OCH3 is 2. The first-order valence-electron chi connectivity index (χ1n) is 10.6. The maximum atomic E-state index is 13.5. The first-order chi connectivity index (χ1) is 15.2. The minimum Gasteiger partial charge on any atom is -0.497 e. The van der Waals surface area contributed by atoms with E-state index >= 15 is 0 Å². The molecule has 1 fully saturated rings. The van der Waals surface area contributed by atoms with Crippen molar-refractivity contribution in [3.63, 3.8) is 0 Å². The van der Waals surface area contributed by atoms with Crippen LogP contribution in [0.4, 0.5) is 0 Å². The summed E-state index contributed by atoms with van der Waals surface area (Å²) in [7, 11) is -1.04. The molecule has 0 aliphatic carbocycles. The number of ether oxygens (including phenoxy) is 2. The van der Waals surface area contributed by atoms with E-state index in [1.807, 2.05) is 32.0 Å². The zero-order valence-electron chi connectivity index (χ0n) is 19.0. The number of aryl methyl sites for hydroxylation is 1. The van der Waals surface area contributed by atoms with Crippen LogP contribution in [0.15, 0.2) is 59.5 Å². The Kier molecular flexibility index (Phi) is 7.90. The van der Waals surface area contributed by atoms with Gasteiger partial charge in [-0.15, -0.1) is 0 Å². The maximum absolute atomic E-state index is 13.5. The topological polar surface area (TPSA) is 72.9 Å². The molecule has 0 radical (unpaired) electrons. The predicted octanol–water partition coefficient (Wildman–Crippen LogP) is 3.86. The van der Waals surface area contributed by atoms with Gasteiger partial charge in [-0.25, -0.2) is 8.42 Å². The number of esters is 1. The molecule has 0 saturated carbocycles. The molecule has 0 aromatic heterocycles. The quantitative estimate of drug-likeness (QED) is 0.403. The average Bonchev–Trinajstić information content (AvgIpc) is 3.08. The highest BCUT2D eigenvalue weighted by Gasteiger charge is 2.54. The highest BCUT2D eigenvalue weighted by Crippen LogP contribution is 2.44. The first kappa shape index (κ1) is 24.6. The van der Waals surface area contributed by atoms with Crippen molar-refractivity contribution in [2.45, 2.75) is 31.2 Å². The minimum atomic E-state index is -3.88. The predicted molar refractivity (Wildman–Crippen MR) is 127 cm³/mol. The number of hydrogen-bond acceptors (Lipinski definition) is 6. The van der Waals surface area contributed by atoms with Gasteiger partial charge in [0.1, 0.15) is 11.8 Å². The summed E-state index contributed by atoms with van der Waals surface area (Å²) in [6, 6.07) is 15.6. The number of thioether (sulfide) groups is 1. The molecular formula is C24H31NO5S2. The van der Waals surface area contributed by atoms with Gasteiger partial charge in [-0.05, 0) is 53.2 Å². The Morgan fingerprint density at radius 1 is 1.09 bits per heavy atom. The molecule has 0 amide bonds. The normalized spacial score (nSPS) is 20.8. The van der Waals surface area contributed by atoms with Crippen LogP contribution in [-0.4, -0.2) is 57.0 Å². The summed E-state index contributed by atoms with van der Waals surface area (Å²) in [5.74, 6) is 1.47. The van der Waals surface area contributed by atoms with Crippen molar-refractivity contribution in [3.8, 4) is 5.75 Å². The third kappa shape index (κ3) is 5.30. The van der Waals surface area contributed by atoms with Crippen molar-refractivity contribution < 1.29 is 22.7 Å². The van der Waals surface area contributed by atoms with Crippen molar-refractivity contribution >= 4 is 27.8 Å². The number of hydrogen-bond donors (Lipinski definition) is 0. The van der Waals surface area contributed by atoms with Crippen molar-refractivity contribution in [1.29, 1.82) is 0 Å². The zero-order valence-corrected chi connectivity index (χ0v) is 20.6. The lowest BCUT2D eigenvalue weighted by Gasteiger charge is -2.28. The van der Waals surface area contributed by atoms with E-state index in [9.17, 15) is 13.2 Å². The molecule has 0 unspecified atom stereocenters. The molecule has 0 N–H and O–H groups in total. The van der Waals surface area contributed by atoms with E-state index in [1.54, 1.807) is 23.9 Å². The SMILES string of the molecule is COC(=O)[C@H]1[C@H](CSCCc2ccccc2)C(C)(C)CN1S(=O)(=O)c1ccc(OC)cc1. The Hall–Kier alpha value is -2.03. The molecule has 1 heterocycles. The van der Waals surface area contributed by atoms with Crippen molar-refractivity contribution in [1.82, 2.24) is 4.31 Å². The lowest BCUT2D eigenvalue weighted by Crippen LogP contribution is -2.44. The van der Waals surface area contributed by atoms with Crippen LogP contribution in [0.3, 0.4) is 0 Å². The summed E-state index contributed by atoms with van der Waals surface area (Å²) in [4.78, 5) is 12.9. The van der Waals surface area contributed by atoms with Crippen LogP contribution >= 0.6 is 11.8 Å². The van der Waals surface area contributed by atoms with E-state index < -0.39 is 22.0 Å². The summed E-state index contributed by atoms with van der Waals surface area (Å²) in [6.07, 6.45) is 0.926. The van der Waals surface area contributed by atoms with Crippen LogP contribution in [-0.2, 0) is 26.0 Å². The van der Waals surface area contributed by atoms with Crippen molar-refractivity contribution in [2.75, 3.05) is 32.3 Å². The maximum Gasteiger partial charge on any atom is 0.324 e. The number of carbonyl (C=O) groups is 1. The van der Waals surface area contributed by atoms with Gasteiger partial charge in [-0.2, -0.15) is 16.1 Å². The third-order valence-corrected chi connectivity index (χ3v) is 8.97. The van der Waals surface area contributed by atoms with E-state index in [0.717, 1.165) is 12.2 Å². The molecule has 1 saturated heterocycles. The van der Waals surface area contributed by atoms with Crippen LogP contribution in [0.1, 0.15) is 19.4 Å². The molecule has 3 rings (SSSR count). The molecule has 1 aliphatic rings. The molecule has 1 aliphatic heterocycles.